The van der Waals surface area contributed by atoms with Crippen molar-refractivity contribution in [1.82, 2.24) is 0 Å². The summed E-state index contributed by atoms with van der Waals surface area (Å²) in [5, 5.41) is 0. The van der Waals surface area contributed by atoms with E-state index in [0.29, 0.717) is 0 Å². The summed E-state index contributed by atoms with van der Waals surface area (Å²) in [7, 11) is 0. The Morgan fingerprint density at radius 2 is 1.55 bits per heavy atom. The van der Waals surface area contributed by atoms with Crippen LogP contribution in [0.1, 0.15) is 67.8 Å². The zero-order valence-electron chi connectivity index (χ0n) is 14.6. The third-order valence-corrected chi connectivity index (χ3v) is 2.65. The molecule has 0 radical (unpaired) electrons. The van der Waals surface area contributed by atoms with Gasteiger partial charge in [0, 0.05) is 0 Å². The molecule has 4 heteroatoms. The Morgan fingerprint density at radius 3 is 2.05 bits per heavy atom. The number of hydrogen-bond donors (Lipinski definition) is 0. The number of esters is 2. The molecule has 1 aromatic rings. The summed E-state index contributed by atoms with van der Waals surface area (Å²) in [6.45, 7) is 13.4. The van der Waals surface area contributed by atoms with Crippen LogP contribution in [0.4, 0.5) is 0 Å². The van der Waals surface area contributed by atoms with Crippen LogP contribution >= 0.6 is 0 Å². The van der Waals surface area contributed by atoms with Gasteiger partial charge in [0.25, 0.3) is 0 Å². The molecule has 1 rings (SSSR count). The predicted octanol–water partition coefficient (Wildman–Crippen LogP) is 4.15. The normalized spacial score (nSPS) is 12.0. The van der Waals surface area contributed by atoms with E-state index >= 15 is 0 Å². The Kier molecular flexibility index (Phi) is 5.39. The number of aryl methyl sites for hydroxylation is 1. The fourth-order valence-electron chi connectivity index (χ4n) is 1.70. The minimum atomic E-state index is -0.617. The summed E-state index contributed by atoms with van der Waals surface area (Å²) in [6, 6.07) is 5.04. The number of benzene rings is 1. The number of ether oxygens (including phenoxy) is 2. The molecule has 0 bridgehead atoms. The molecule has 0 amide bonds. The maximum atomic E-state index is 12.3. The molecule has 0 unspecified atom stereocenters. The molecule has 0 saturated heterocycles. The molecule has 0 heterocycles. The molecular weight excluding hydrogens is 280 g/mol. The lowest BCUT2D eigenvalue weighted by Gasteiger charge is -2.21. The largest absolute Gasteiger partial charge is 0.462 e. The standard InChI is InChI=1S/C18H26O4/c1-12-8-9-13(16(20)22-18(5,6)7)14(10-12)15(19)21-11-17(2,3)4/h8-10H,11H2,1-7H3. The fourth-order valence-corrected chi connectivity index (χ4v) is 1.70. The van der Waals surface area contributed by atoms with Crippen molar-refractivity contribution in [2.45, 2.75) is 54.1 Å². The van der Waals surface area contributed by atoms with Crippen molar-refractivity contribution in [2.75, 3.05) is 6.61 Å². The molecule has 122 valence electrons. The summed E-state index contributed by atoms with van der Waals surface area (Å²) in [4.78, 5) is 24.6. The van der Waals surface area contributed by atoms with Gasteiger partial charge in [0.15, 0.2) is 0 Å². The van der Waals surface area contributed by atoms with Gasteiger partial charge in [-0.1, -0.05) is 32.4 Å². The summed E-state index contributed by atoms with van der Waals surface area (Å²) in [6.07, 6.45) is 0. The van der Waals surface area contributed by atoms with Crippen LogP contribution in [-0.4, -0.2) is 24.1 Å². The van der Waals surface area contributed by atoms with E-state index in [1.165, 1.54) is 0 Å². The molecule has 0 N–H and O–H groups in total. The molecule has 0 atom stereocenters. The van der Waals surface area contributed by atoms with Crippen LogP contribution in [-0.2, 0) is 9.47 Å². The third kappa shape index (κ3) is 5.88. The minimum Gasteiger partial charge on any atom is -0.462 e. The predicted molar refractivity (Wildman–Crippen MR) is 86.1 cm³/mol. The highest BCUT2D eigenvalue weighted by atomic mass is 16.6. The van der Waals surface area contributed by atoms with Crippen LogP contribution in [0, 0.1) is 12.3 Å². The molecule has 0 fully saturated rings. The van der Waals surface area contributed by atoms with Crippen molar-refractivity contribution < 1.29 is 19.1 Å². The lowest BCUT2D eigenvalue weighted by Crippen LogP contribution is -2.26. The first kappa shape index (κ1) is 18.2. The highest BCUT2D eigenvalue weighted by Crippen LogP contribution is 2.20. The van der Waals surface area contributed by atoms with Crippen LogP contribution in [0.25, 0.3) is 0 Å². The summed E-state index contributed by atoms with van der Waals surface area (Å²) < 4.78 is 10.7. The van der Waals surface area contributed by atoms with Crippen molar-refractivity contribution in [3.63, 3.8) is 0 Å². The van der Waals surface area contributed by atoms with Crippen LogP contribution in [0.3, 0.4) is 0 Å². The Labute approximate surface area is 132 Å². The quantitative estimate of drug-likeness (QED) is 0.787. The van der Waals surface area contributed by atoms with E-state index in [2.05, 4.69) is 0 Å². The Bertz CT molecular complexity index is 559. The van der Waals surface area contributed by atoms with E-state index in [-0.39, 0.29) is 23.1 Å². The van der Waals surface area contributed by atoms with Crippen molar-refractivity contribution in [3.05, 3.63) is 34.9 Å². The Hall–Kier alpha value is -1.84. The number of rotatable bonds is 3. The molecule has 0 aromatic heterocycles. The molecule has 0 aliphatic rings. The highest BCUT2D eigenvalue weighted by Gasteiger charge is 2.24. The second-order valence-corrected chi connectivity index (χ2v) is 7.69. The molecular formula is C18H26O4. The molecule has 0 aliphatic carbocycles. The van der Waals surface area contributed by atoms with Gasteiger partial charge in [-0.15, -0.1) is 0 Å². The van der Waals surface area contributed by atoms with Crippen LogP contribution in [0.2, 0.25) is 0 Å². The average Bonchev–Trinajstić information content (AvgIpc) is 2.32. The van der Waals surface area contributed by atoms with Gasteiger partial charge in [-0.25, -0.2) is 9.59 Å². The fraction of sp³-hybridized carbons (Fsp3) is 0.556. The van der Waals surface area contributed by atoms with Gasteiger partial charge < -0.3 is 9.47 Å². The smallest absolute Gasteiger partial charge is 0.339 e. The van der Waals surface area contributed by atoms with Crippen LogP contribution in [0.15, 0.2) is 18.2 Å². The van der Waals surface area contributed by atoms with E-state index < -0.39 is 17.5 Å². The van der Waals surface area contributed by atoms with Gasteiger partial charge in [0.2, 0.25) is 0 Å². The van der Waals surface area contributed by atoms with E-state index in [4.69, 9.17) is 9.47 Å². The van der Waals surface area contributed by atoms with Crippen molar-refractivity contribution >= 4 is 11.9 Å². The molecule has 0 spiro atoms. The Morgan fingerprint density at radius 1 is 0.955 bits per heavy atom. The van der Waals surface area contributed by atoms with Gasteiger partial charge >= 0.3 is 11.9 Å². The first-order chi connectivity index (χ1) is 9.89. The first-order valence-electron chi connectivity index (χ1n) is 7.40. The van der Waals surface area contributed by atoms with Gasteiger partial charge in [-0.3, -0.25) is 0 Å². The number of carbonyl (C=O) groups excluding carboxylic acids is 2. The Balaban J connectivity index is 3.05. The molecule has 1 aromatic carbocycles. The topological polar surface area (TPSA) is 52.6 Å². The van der Waals surface area contributed by atoms with E-state index in [1.54, 1.807) is 39.0 Å². The average molecular weight is 306 g/mol. The summed E-state index contributed by atoms with van der Waals surface area (Å²) >= 11 is 0. The van der Waals surface area contributed by atoms with E-state index in [9.17, 15) is 9.59 Å². The lowest BCUT2D eigenvalue weighted by atomic mass is 9.98. The second-order valence-electron chi connectivity index (χ2n) is 7.69. The van der Waals surface area contributed by atoms with Crippen molar-refractivity contribution in [3.8, 4) is 0 Å². The molecule has 0 aliphatic heterocycles. The van der Waals surface area contributed by atoms with Gasteiger partial charge in [0.1, 0.15) is 5.60 Å². The summed E-state index contributed by atoms with van der Waals surface area (Å²) in [5.41, 5.74) is 0.619. The monoisotopic (exact) mass is 306 g/mol. The van der Waals surface area contributed by atoms with Crippen LogP contribution in [0.5, 0.6) is 0 Å². The number of carbonyl (C=O) groups is 2. The molecule has 4 nitrogen and oxygen atoms in total. The minimum absolute atomic E-state index is 0.133. The lowest BCUT2D eigenvalue weighted by molar-refractivity contribution is 0.00623. The van der Waals surface area contributed by atoms with Crippen molar-refractivity contribution in [1.29, 1.82) is 0 Å². The van der Waals surface area contributed by atoms with Crippen LogP contribution < -0.4 is 0 Å². The summed E-state index contributed by atoms with van der Waals surface area (Å²) in [5.74, 6) is -1.02. The third-order valence-electron chi connectivity index (χ3n) is 2.65. The maximum absolute atomic E-state index is 12.3. The maximum Gasteiger partial charge on any atom is 0.339 e. The van der Waals surface area contributed by atoms with Crippen molar-refractivity contribution in [2.24, 2.45) is 5.41 Å². The second kappa shape index (κ2) is 6.51. The zero-order valence-corrected chi connectivity index (χ0v) is 14.6. The molecule has 22 heavy (non-hydrogen) atoms. The van der Waals surface area contributed by atoms with E-state index in [1.807, 2.05) is 27.7 Å². The number of hydrogen-bond acceptors (Lipinski definition) is 4. The zero-order chi connectivity index (χ0) is 17.1. The van der Waals surface area contributed by atoms with Gasteiger partial charge in [0.05, 0.1) is 17.7 Å². The van der Waals surface area contributed by atoms with E-state index in [0.717, 1.165) is 5.56 Å². The first-order valence-corrected chi connectivity index (χ1v) is 7.40. The van der Waals surface area contributed by atoms with Gasteiger partial charge in [-0.2, -0.15) is 0 Å². The highest BCUT2D eigenvalue weighted by molar-refractivity contribution is 6.03. The SMILES string of the molecule is Cc1ccc(C(=O)OC(C)(C)C)c(C(=O)OCC(C)(C)C)c1. The molecule has 0 saturated carbocycles. The van der Waals surface area contributed by atoms with Gasteiger partial charge in [-0.05, 0) is 45.2 Å².